The minimum absolute atomic E-state index is 0.0247. The Morgan fingerprint density at radius 1 is 1.59 bits per heavy atom. The molecule has 0 bridgehead atoms. The predicted octanol–water partition coefficient (Wildman–Crippen LogP) is 1.61. The van der Waals surface area contributed by atoms with Gasteiger partial charge in [-0.15, -0.1) is 0 Å². The lowest BCUT2D eigenvalue weighted by Crippen LogP contribution is -2.13. The van der Waals surface area contributed by atoms with Crippen LogP contribution in [0.2, 0.25) is 0 Å². The number of rotatable bonds is 6. The number of nitriles is 1. The van der Waals surface area contributed by atoms with Crippen LogP contribution in [0.4, 0.5) is 0 Å². The molecule has 1 unspecified atom stereocenters. The van der Waals surface area contributed by atoms with Crippen LogP contribution in [-0.4, -0.2) is 27.0 Å². The molecule has 0 saturated carbocycles. The normalized spacial score (nSPS) is 12.9. The summed E-state index contributed by atoms with van der Waals surface area (Å²) in [5.41, 5.74) is 6.54. The van der Waals surface area contributed by atoms with Gasteiger partial charge in [0.15, 0.2) is 0 Å². The molecule has 0 aromatic carbocycles. The average molecular weight is 299 g/mol. The Morgan fingerprint density at radius 2 is 2.36 bits per heavy atom. The standard InChI is InChI=1S/C15H17N5O2/c1-3-9(2)22-15-12-11(5-4-10(6-16)13(17)21)7-18-14(12)19-8-20-15/h4,7-9H,3,5H2,1-2H3,(H2,17,21)(H,18,19,20)/b10-4+. The van der Waals surface area contributed by atoms with Crippen LogP contribution in [0.25, 0.3) is 11.0 Å². The van der Waals surface area contributed by atoms with Crippen molar-refractivity contribution in [1.82, 2.24) is 15.0 Å². The van der Waals surface area contributed by atoms with Crippen LogP contribution in [-0.2, 0) is 11.2 Å². The molecule has 0 aliphatic heterocycles. The van der Waals surface area contributed by atoms with Crippen molar-refractivity contribution in [3.63, 3.8) is 0 Å². The van der Waals surface area contributed by atoms with Crippen LogP contribution in [0.1, 0.15) is 25.8 Å². The second-order valence-corrected chi connectivity index (χ2v) is 4.85. The number of carbonyl (C=O) groups is 1. The molecule has 0 fully saturated rings. The zero-order valence-electron chi connectivity index (χ0n) is 12.5. The van der Waals surface area contributed by atoms with Gasteiger partial charge in [-0.05, 0) is 25.3 Å². The van der Waals surface area contributed by atoms with Crippen molar-refractivity contribution in [2.75, 3.05) is 0 Å². The highest BCUT2D eigenvalue weighted by atomic mass is 16.5. The summed E-state index contributed by atoms with van der Waals surface area (Å²) in [5.74, 6) is -0.253. The molecule has 0 aliphatic carbocycles. The number of fused-ring (bicyclic) bond motifs is 1. The highest BCUT2D eigenvalue weighted by molar-refractivity contribution is 5.96. The van der Waals surface area contributed by atoms with Gasteiger partial charge in [0.1, 0.15) is 23.6 Å². The summed E-state index contributed by atoms with van der Waals surface area (Å²) in [5, 5.41) is 9.62. The molecule has 22 heavy (non-hydrogen) atoms. The second kappa shape index (κ2) is 6.72. The minimum atomic E-state index is -0.741. The van der Waals surface area contributed by atoms with Gasteiger partial charge in [0.25, 0.3) is 5.91 Å². The predicted molar refractivity (Wildman–Crippen MR) is 80.9 cm³/mol. The lowest BCUT2D eigenvalue weighted by molar-refractivity contribution is -0.114. The van der Waals surface area contributed by atoms with Crippen LogP contribution in [0.3, 0.4) is 0 Å². The Kier molecular flexibility index (Phi) is 4.73. The quantitative estimate of drug-likeness (QED) is 0.620. The molecular formula is C15H17N5O2. The molecule has 0 aliphatic rings. The van der Waals surface area contributed by atoms with Crippen molar-refractivity contribution in [2.24, 2.45) is 5.73 Å². The fraction of sp³-hybridized carbons (Fsp3) is 0.333. The third-order valence-electron chi connectivity index (χ3n) is 3.32. The van der Waals surface area contributed by atoms with E-state index in [-0.39, 0.29) is 11.7 Å². The van der Waals surface area contributed by atoms with Crippen LogP contribution in [0.15, 0.2) is 24.2 Å². The third kappa shape index (κ3) is 3.23. The smallest absolute Gasteiger partial charge is 0.259 e. The van der Waals surface area contributed by atoms with Gasteiger partial charge >= 0.3 is 0 Å². The first-order valence-electron chi connectivity index (χ1n) is 6.94. The summed E-state index contributed by atoms with van der Waals surface area (Å²) >= 11 is 0. The molecule has 0 spiro atoms. The van der Waals surface area contributed by atoms with Crippen molar-refractivity contribution in [2.45, 2.75) is 32.8 Å². The largest absolute Gasteiger partial charge is 0.474 e. The number of H-pyrrole nitrogens is 1. The molecule has 7 heteroatoms. The van der Waals surface area contributed by atoms with E-state index in [9.17, 15) is 4.79 Å². The molecule has 3 N–H and O–H groups in total. The molecule has 2 heterocycles. The zero-order chi connectivity index (χ0) is 16.1. The molecule has 1 atom stereocenters. The average Bonchev–Trinajstić information content (AvgIpc) is 2.92. The van der Waals surface area contributed by atoms with E-state index >= 15 is 0 Å². The number of primary amides is 1. The molecule has 114 valence electrons. The number of hydrogen-bond acceptors (Lipinski definition) is 5. The lowest BCUT2D eigenvalue weighted by Gasteiger charge is -2.12. The Labute approximate surface area is 127 Å². The van der Waals surface area contributed by atoms with Crippen LogP contribution in [0.5, 0.6) is 5.88 Å². The molecule has 0 radical (unpaired) electrons. The van der Waals surface area contributed by atoms with Crippen LogP contribution >= 0.6 is 0 Å². The van der Waals surface area contributed by atoms with E-state index in [0.29, 0.717) is 17.9 Å². The maximum atomic E-state index is 11.1. The number of ether oxygens (including phenoxy) is 1. The maximum Gasteiger partial charge on any atom is 0.259 e. The van der Waals surface area contributed by atoms with Gasteiger partial charge in [0, 0.05) is 6.20 Å². The minimum Gasteiger partial charge on any atom is -0.474 e. The van der Waals surface area contributed by atoms with E-state index in [1.807, 2.05) is 13.8 Å². The summed E-state index contributed by atoms with van der Waals surface area (Å²) in [6, 6.07) is 1.78. The summed E-state index contributed by atoms with van der Waals surface area (Å²) in [7, 11) is 0. The molecule has 7 nitrogen and oxygen atoms in total. The number of carbonyl (C=O) groups excluding carboxylic acids is 1. The van der Waals surface area contributed by atoms with Gasteiger partial charge in [-0.3, -0.25) is 4.79 Å². The van der Waals surface area contributed by atoms with Gasteiger partial charge in [0.05, 0.1) is 11.5 Å². The Morgan fingerprint density at radius 3 is 3.00 bits per heavy atom. The first-order chi connectivity index (χ1) is 10.6. The molecule has 0 saturated heterocycles. The molecule has 2 aromatic heterocycles. The van der Waals surface area contributed by atoms with E-state index in [1.54, 1.807) is 12.3 Å². The second-order valence-electron chi connectivity index (χ2n) is 4.85. The lowest BCUT2D eigenvalue weighted by atomic mass is 10.1. The van der Waals surface area contributed by atoms with Gasteiger partial charge in [-0.1, -0.05) is 13.0 Å². The Bertz CT molecular complexity index is 757. The van der Waals surface area contributed by atoms with Crippen LogP contribution in [0, 0.1) is 11.3 Å². The van der Waals surface area contributed by atoms with Crippen molar-refractivity contribution in [3.8, 4) is 11.9 Å². The van der Waals surface area contributed by atoms with E-state index in [4.69, 9.17) is 15.7 Å². The van der Waals surface area contributed by atoms with E-state index in [0.717, 1.165) is 17.4 Å². The van der Waals surface area contributed by atoms with Gasteiger partial charge < -0.3 is 15.5 Å². The molecule has 1 amide bonds. The van der Waals surface area contributed by atoms with E-state index < -0.39 is 5.91 Å². The van der Waals surface area contributed by atoms with Crippen molar-refractivity contribution < 1.29 is 9.53 Å². The number of allylic oxidation sites excluding steroid dienone is 1. The summed E-state index contributed by atoms with van der Waals surface area (Å²) < 4.78 is 5.81. The molecular weight excluding hydrogens is 282 g/mol. The topological polar surface area (TPSA) is 118 Å². The monoisotopic (exact) mass is 299 g/mol. The highest BCUT2D eigenvalue weighted by Gasteiger charge is 2.14. The number of amides is 1. The Balaban J connectivity index is 2.39. The zero-order valence-corrected chi connectivity index (χ0v) is 12.5. The van der Waals surface area contributed by atoms with Gasteiger partial charge in [-0.2, -0.15) is 5.26 Å². The first-order valence-corrected chi connectivity index (χ1v) is 6.94. The number of nitrogens with zero attached hydrogens (tertiary/aromatic N) is 3. The summed E-state index contributed by atoms with van der Waals surface area (Å²) in [6.45, 7) is 3.98. The molecule has 2 rings (SSSR count). The van der Waals surface area contributed by atoms with Crippen molar-refractivity contribution >= 4 is 16.9 Å². The number of hydrogen-bond donors (Lipinski definition) is 2. The Hall–Kier alpha value is -2.88. The fourth-order valence-corrected chi connectivity index (χ4v) is 1.93. The first kappa shape index (κ1) is 15.5. The molecule has 2 aromatic rings. The van der Waals surface area contributed by atoms with Crippen molar-refractivity contribution in [1.29, 1.82) is 5.26 Å². The van der Waals surface area contributed by atoms with Crippen LogP contribution < -0.4 is 10.5 Å². The summed E-state index contributed by atoms with van der Waals surface area (Å²) in [4.78, 5) is 22.4. The van der Waals surface area contributed by atoms with E-state index in [1.165, 1.54) is 12.4 Å². The number of nitrogens with two attached hydrogens (primary N) is 1. The number of aromatic amines is 1. The third-order valence-corrected chi connectivity index (χ3v) is 3.32. The summed E-state index contributed by atoms with van der Waals surface area (Å²) in [6.07, 6.45) is 5.92. The SMILES string of the molecule is CCC(C)Oc1ncnc2[nH]cc(C/C=C(\C#N)C(N)=O)c12. The van der Waals surface area contributed by atoms with E-state index in [2.05, 4.69) is 15.0 Å². The highest BCUT2D eigenvalue weighted by Crippen LogP contribution is 2.27. The maximum absolute atomic E-state index is 11.1. The van der Waals surface area contributed by atoms with Crippen molar-refractivity contribution in [3.05, 3.63) is 29.7 Å². The fourth-order valence-electron chi connectivity index (χ4n) is 1.93. The van der Waals surface area contributed by atoms with Gasteiger partial charge in [0.2, 0.25) is 5.88 Å². The number of nitrogens with one attached hydrogen (secondary N) is 1. The van der Waals surface area contributed by atoms with Gasteiger partial charge in [-0.25, -0.2) is 9.97 Å². The number of aromatic nitrogens is 3.